The monoisotopic (exact) mass is 380 g/mol. The molecule has 3 aromatic rings. The van der Waals surface area contributed by atoms with Gasteiger partial charge in [0.05, 0.1) is 6.54 Å². The molecule has 1 unspecified atom stereocenters. The summed E-state index contributed by atoms with van der Waals surface area (Å²) in [6.07, 6.45) is 5.07. The molecule has 2 aromatic heterocycles. The van der Waals surface area contributed by atoms with E-state index in [2.05, 4.69) is 15.0 Å². The second-order valence-electron chi connectivity index (χ2n) is 6.88. The van der Waals surface area contributed by atoms with Crippen molar-refractivity contribution in [3.63, 3.8) is 0 Å². The Morgan fingerprint density at radius 2 is 2.07 bits per heavy atom. The van der Waals surface area contributed by atoms with Crippen LogP contribution in [-0.2, 0) is 0 Å². The van der Waals surface area contributed by atoms with E-state index in [-0.39, 0.29) is 17.8 Å². The molecule has 0 aliphatic carbocycles. The maximum Gasteiger partial charge on any atom is 0.270 e. The molecule has 1 amide bonds. The van der Waals surface area contributed by atoms with Crippen molar-refractivity contribution in [2.45, 2.75) is 25.9 Å². The smallest absolute Gasteiger partial charge is 0.270 e. The van der Waals surface area contributed by atoms with Gasteiger partial charge in [0.1, 0.15) is 23.4 Å². The number of piperidine rings is 1. The first-order chi connectivity index (χ1) is 13.6. The number of H-pyrrole nitrogens is 1. The number of ether oxygens (including phenoxy) is 1. The maximum atomic E-state index is 13.1. The number of carbonyl (C=O) groups excluding carboxylic acids is 1. The van der Waals surface area contributed by atoms with Crippen LogP contribution in [0.15, 0.2) is 48.8 Å². The summed E-state index contributed by atoms with van der Waals surface area (Å²) in [6, 6.07) is 9.74. The fourth-order valence-electron chi connectivity index (χ4n) is 3.39. The molecule has 1 fully saturated rings. The third kappa shape index (κ3) is 4.03. The van der Waals surface area contributed by atoms with Gasteiger partial charge in [-0.1, -0.05) is 12.1 Å². The van der Waals surface area contributed by atoms with Gasteiger partial charge in [-0.05, 0) is 49.1 Å². The molecular formula is C21H21FN4O2. The molecule has 144 valence electrons. The Morgan fingerprint density at radius 3 is 2.86 bits per heavy atom. The lowest BCUT2D eigenvalue weighted by Crippen LogP contribution is -2.44. The van der Waals surface area contributed by atoms with E-state index in [1.54, 1.807) is 41.6 Å². The van der Waals surface area contributed by atoms with E-state index in [1.807, 2.05) is 6.92 Å². The van der Waals surface area contributed by atoms with Crippen LogP contribution in [0.5, 0.6) is 5.88 Å². The highest BCUT2D eigenvalue weighted by Gasteiger charge is 2.26. The minimum atomic E-state index is -0.283. The molecule has 3 heterocycles. The van der Waals surface area contributed by atoms with Crippen LogP contribution in [-0.4, -0.2) is 45.0 Å². The number of benzene rings is 1. The molecule has 0 saturated carbocycles. The summed E-state index contributed by atoms with van der Waals surface area (Å²) in [6.45, 7) is 3.01. The van der Waals surface area contributed by atoms with Gasteiger partial charge in [0.15, 0.2) is 0 Å². The van der Waals surface area contributed by atoms with Gasteiger partial charge < -0.3 is 14.6 Å². The van der Waals surface area contributed by atoms with Crippen molar-refractivity contribution in [2.75, 3.05) is 13.1 Å². The molecule has 1 saturated heterocycles. The Balaban J connectivity index is 1.43. The lowest BCUT2D eigenvalue weighted by Gasteiger charge is -2.32. The van der Waals surface area contributed by atoms with Gasteiger partial charge in [0.2, 0.25) is 5.88 Å². The Morgan fingerprint density at radius 1 is 1.25 bits per heavy atom. The van der Waals surface area contributed by atoms with Crippen molar-refractivity contribution in [3.05, 3.63) is 66.1 Å². The second kappa shape index (κ2) is 7.80. The van der Waals surface area contributed by atoms with Crippen molar-refractivity contribution in [1.82, 2.24) is 19.9 Å². The Bertz CT molecular complexity index is 971. The minimum absolute atomic E-state index is 0.0690. The van der Waals surface area contributed by atoms with E-state index in [1.165, 1.54) is 12.1 Å². The summed E-state index contributed by atoms with van der Waals surface area (Å²) in [5, 5.41) is 0. The fraction of sp³-hybridized carbons (Fsp3) is 0.286. The second-order valence-corrected chi connectivity index (χ2v) is 6.88. The van der Waals surface area contributed by atoms with Crippen LogP contribution in [0.2, 0.25) is 0 Å². The average molecular weight is 380 g/mol. The third-order valence-corrected chi connectivity index (χ3v) is 4.79. The van der Waals surface area contributed by atoms with Gasteiger partial charge in [-0.3, -0.25) is 4.79 Å². The van der Waals surface area contributed by atoms with Gasteiger partial charge in [-0.2, -0.15) is 4.98 Å². The van der Waals surface area contributed by atoms with Crippen molar-refractivity contribution >= 4 is 5.91 Å². The molecule has 1 aliphatic heterocycles. The number of rotatable bonds is 4. The largest absolute Gasteiger partial charge is 0.472 e. The summed E-state index contributed by atoms with van der Waals surface area (Å²) in [4.78, 5) is 26.1. The zero-order chi connectivity index (χ0) is 19.5. The molecule has 7 heteroatoms. The van der Waals surface area contributed by atoms with E-state index in [0.717, 1.165) is 24.0 Å². The van der Waals surface area contributed by atoms with Crippen LogP contribution in [0, 0.1) is 12.7 Å². The first kappa shape index (κ1) is 18.2. The van der Waals surface area contributed by atoms with Gasteiger partial charge in [0.25, 0.3) is 5.91 Å². The van der Waals surface area contributed by atoms with Crippen molar-refractivity contribution in [1.29, 1.82) is 0 Å². The number of aromatic nitrogens is 3. The van der Waals surface area contributed by atoms with Gasteiger partial charge in [-0.25, -0.2) is 9.37 Å². The Labute approximate surface area is 162 Å². The van der Waals surface area contributed by atoms with Crippen molar-refractivity contribution in [3.8, 4) is 17.0 Å². The van der Waals surface area contributed by atoms with E-state index >= 15 is 0 Å². The highest BCUT2D eigenvalue weighted by atomic mass is 19.1. The first-order valence-corrected chi connectivity index (χ1v) is 9.28. The highest BCUT2D eigenvalue weighted by molar-refractivity contribution is 5.94. The highest BCUT2D eigenvalue weighted by Crippen LogP contribution is 2.23. The fourth-order valence-corrected chi connectivity index (χ4v) is 3.39. The van der Waals surface area contributed by atoms with Crippen LogP contribution < -0.4 is 4.74 Å². The predicted molar refractivity (Wildman–Crippen MR) is 103 cm³/mol. The SMILES string of the molecule is Cc1nccc(OC2CCCN(C(=O)c3cc(-c4ccc(F)cc4)c[nH]3)C2)n1. The molecule has 1 atom stereocenters. The Hall–Kier alpha value is -3.22. The number of carbonyl (C=O) groups is 1. The van der Waals surface area contributed by atoms with Crippen LogP contribution in [0.3, 0.4) is 0 Å². The molecular weight excluding hydrogens is 359 g/mol. The first-order valence-electron chi connectivity index (χ1n) is 9.28. The van der Waals surface area contributed by atoms with Gasteiger partial charge in [-0.15, -0.1) is 0 Å². The number of nitrogens with zero attached hydrogens (tertiary/aromatic N) is 3. The number of likely N-dealkylation sites (tertiary alicyclic amines) is 1. The number of hydrogen-bond acceptors (Lipinski definition) is 4. The molecule has 6 nitrogen and oxygen atoms in total. The van der Waals surface area contributed by atoms with E-state index in [0.29, 0.717) is 30.5 Å². The number of aryl methyl sites for hydroxylation is 1. The topological polar surface area (TPSA) is 71.1 Å². The third-order valence-electron chi connectivity index (χ3n) is 4.79. The van der Waals surface area contributed by atoms with Gasteiger partial charge >= 0.3 is 0 Å². The quantitative estimate of drug-likeness (QED) is 0.751. The molecule has 4 rings (SSSR count). The van der Waals surface area contributed by atoms with E-state index < -0.39 is 0 Å². The summed E-state index contributed by atoms with van der Waals surface area (Å²) in [5.41, 5.74) is 2.22. The lowest BCUT2D eigenvalue weighted by atomic mass is 10.1. The summed E-state index contributed by atoms with van der Waals surface area (Å²) >= 11 is 0. The number of hydrogen-bond donors (Lipinski definition) is 1. The normalized spacial score (nSPS) is 16.8. The average Bonchev–Trinajstić information content (AvgIpc) is 3.18. The lowest BCUT2D eigenvalue weighted by molar-refractivity contribution is 0.0522. The van der Waals surface area contributed by atoms with Gasteiger partial charge in [0, 0.05) is 25.0 Å². The van der Waals surface area contributed by atoms with Crippen molar-refractivity contribution in [2.24, 2.45) is 0 Å². The predicted octanol–water partition coefficient (Wildman–Crippen LogP) is 3.60. The molecule has 0 radical (unpaired) electrons. The minimum Gasteiger partial charge on any atom is -0.472 e. The molecule has 28 heavy (non-hydrogen) atoms. The molecule has 0 bridgehead atoms. The van der Waals surface area contributed by atoms with Crippen LogP contribution in [0.1, 0.15) is 29.2 Å². The molecule has 0 spiro atoms. The van der Waals surface area contributed by atoms with Crippen LogP contribution >= 0.6 is 0 Å². The zero-order valence-electron chi connectivity index (χ0n) is 15.6. The summed E-state index contributed by atoms with van der Waals surface area (Å²) < 4.78 is 19.1. The number of halogens is 1. The standard InChI is InChI=1S/C21H21FN4O2/c1-14-23-9-8-20(25-14)28-18-3-2-10-26(13-18)21(27)19-11-16(12-24-19)15-4-6-17(22)7-5-15/h4-9,11-12,18,24H,2-3,10,13H2,1H3. The van der Waals surface area contributed by atoms with Crippen LogP contribution in [0.25, 0.3) is 11.1 Å². The zero-order valence-corrected chi connectivity index (χ0v) is 15.6. The summed E-state index contributed by atoms with van der Waals surface area (Å²) in [7, 11) is 0. The number of amides is 1. The molecule has 1 N–H and O–H groups in total. The molecule has 1 aromatic carbocycles. The van der Waals surface area contributed by atoms with E-state index in [9.17, 15) is 9.18 Å². The van der Waals surface area contributed by atoms with E-state index in [4.69, 9.17) is 4.74 Å². The number of nitrogens with one attached hydrogen (secondary N) is 1. The Kier molecular flexibility index (Phi) is 5.06. The van der Waals surface area contributed by atoms with Crippen molar-refractivity contribution < 1.29 is 13.9 Å². The maximum absolute atomic E-state index is 13.1. The molecule has 1 aliphatic rings. The number of aromatic amines is 1. The summed E-state index contributed by atoms with van der Waals surface area (Å²) in [5.74, 6) is 0.834. The van der Waals surface area contributed by atoms with Crippen LogP contribution in [0.4, 0.5) is 4.39 Å².